The van der Waals surface area contributed by atoms with Gasteiger partial charge in [-0.2, -0.15) is 0 Å². The van der Waals surface area contributed by atoms with Gasteiger partial charge in [-0.3, -0.25) is 9.59 Å². The highest BCUT2D eigenvalue weighted by Gasteiger charge is 2.26. The van der Waals surface area contributed by atoms with E-state index in [4.69, 9.17) is 21.4 Å². The van der Waals surface area contributed by atoms with Gasteiger partial charge in [-0.15, -0.1) is 0 Å². The largest absolute Gasteiger partial charge is 0.492 e. The van der Waals surface area contributed by atoms with Crippen molar-refractivity contribution in [3.05, 3.63) is 29.3 Å². The lowest BCUT2D eigenvalue weighted by Gasteiger charge is -2.26. The minimum Gasteiger partial charge on any atom is -0.492 e. The van der Waals surface area contributed by atoms with Crippen LogP contribution >= 0.6 is 11.6 Å². The maximum Gasteiger partial charge on any atom is 0.306 e. The van der Waals surface area contributed by atoms with Gasteiger partial charge in [0.25, 0.3) is 0 Å². The molecule has 0 unspecified atom stereocenters. The molecule has 23 heavy (non-hydrogen) atoms. The smallest absolute Gasteiger partial charge is 0.306 e. The van der Waals surface area contributed by atoms with Gasteiger partial charge in [-0.1, -0.05) is 23.7 Å². The normalized spacial score (nSPS) is 20.7. The first kappa shape index (κ1) is 17.6. The average molecular weight is 340 g/mol. The van der Waals surface area contributed by atoms with Crippen molar-refractivity contribution in [3.8, 4) is 5.75 Å². The molecular weight excluding hydrogens is 318 g/mol. The highest BCUT2D eigenvalue weighted by Crippen LogP contribution is 2.25. The molecule has 5 nitrogen and oxygen atoms in total. The van der Waals surface area contributed by atoms with E-state index in [2.05, 4.69) is 5.32 Å². The van der Waals surface area contributed by atoms with Gasteiger partial charge in [0.05, 0.1) is 17.5 Å². The van der Waals surface area contributed by atoms with E-state index in [1.807, 2.05) is 12.1 Å². The van der Waals surface area contributed by atoms with Crippen molar-refractivity contribution in [1.82, 2.24) is 5.32 Å². The third-order valence-corrected chi connectivity index (χ3v) is 4.40. The summed E-state index contributed by atoms with van der Waals surface area (Å²) in [6.07, 6.45) is 3.74. The Hall–Kier alpha value is -1.75. The zero-order valence-corrected chi connectivity index (χ0v) is 13.7. The van der Waals surface area contributed by atoms with E-state index >= 15 is 0 Å². The third-order valence-electron chi connectivity index (χ3n) is 4.08. The van der Waals surface area contributed by atoms with E-state index in [-0.39, 0.29) is 17.9 Å². The first-order chi connectivity index (χ1) is 11.1. The van der Waals surface area contributed by atoms with Gasteiger partial charge in [-0.25, -0.2) is 0 Å². The number of halogens is 1. The van der Waals surface area contributed by atoms with E-state index < -0.39 is 5.97 Å². The Morgan fingerprint density at radius 1 is 1.22 bits per heavy atom. The van der Waals surface area contributed by atoms with Crippen molar-refractivity contribution in [2.45, 2.75) is 44.6 Å². The zero-order valence-electron chi connectivity index (χ0n) is 13.0. The number of carboxylic acids is 1. The van der Waals surface area contributed by atoms with Gasteiger partial charge in [-0.05, 0) is 44.2 Å². The van der Waals surface area contributed by atoms with Crippen LogP contribution in [0.2, 0.25) is 5.02 Å². The number of amides is 1. The van der Waals surface area contributed by atoms with E-state index in [0.29, 0.717) is 43.1 Å². The second-order valence-electron chi connectivity index (χ2n) is 5.84. The van der Waals surface area contributed by atoms with Gasteiger partial charge in [0.2, 0.25) is 5.91 Å². The highest BCUT2D eigenvalue weighted by atomic mass is 35.5. The standard InChI is InChI=1S/C17H22ClNO4/c18-14-4-1-2-5-15(14)23-11-3-6-16(20)19-13-9-7-12(8-10-13)17(21)22/h1-2,4-5,12-13H,3,6-11H2,(H,19,20)(H,21,22). The fourth-order valence-electron chi connectivity index (χ4n) is 2.76. The molecule has 2 rings (SSSR count). The molecule has 0 aromatic heterocycles. The first-order valence-corrected chi connectivity index (χ1v) is 8.33. The molecule has 0 radical (unpaired) electrons. The SMILES string of the molecule is O=C(CCCOc1ccccc1Cl)NC1CCC(C(=O)O)CC1. The monoisotopic (exact) mass is 339 g/mol. The molecule has 0 atom stereocenters. The predicted molar refractivity (Wildman–Crippen MR) is 87.7 cm³/mol. The number of benzene rings is 1. The van der Waals surface area contributed by atoms with Gasteiger partial charge in [0.15, 0.2) is 0 Å². The summed E-state index contributed by atoms with van der Waals surface area (Å²) in [5.74, 6) is -0.369. The van der Waals surface area contributed by atoms with Crippen LogP contribution in [0.25, 0.3) is 0 Å². The number of ether oxygens (including phenoxy) is 1. The van der Waals surface area contributed by atoms with Crippen LogP contribution in [0.3, 0.4) is 0 Å². The summed E-state index contributed by atoms with van der Waals surface area (Å²) in [5, 5.41) is 12.5. The summed E-state index contributed by atoms with van der Waals surface area (Å²) in [6.45, 7) is 0.433. The molecule has 0 saturated heterocycles. The molecule has 1 saturated carbocycles. The third kappa shape index (κ3) is 5.75. The predicted octanol–water partition coefficient (Wildman–Crippen LogP) is 3.26. The molecule has 0 bridgehead atoms. The Morgan fingerprint density at radius 3 is 2.57 bits per heavy atom. The van der Waals surface area contributed by atoms with Crippen molar-refractivity contribution in [2.24, 2.45) is 5.92 Å². The van der Waals surface area contributed by atoms with E-state index in [1.165, 1.54) is 0 Å². The molecule has 0 spiro atoms. The molecule has 126 valence electrons. The molecule has 6 heteroatoms. The summed E-state index contributed by atoms with van der Waals surface area (Å²) >= 11 is 5.98. The number of carbonyl (C=O) groups excluding carboxylic acids is 1. The van der Waals surface area contributed by atoms with Crippen molar-refractivity contribution in [1.29, 1.82) is 0 Å². The molecule has 0 heterocycles. The molecule has 1 aromatic carbocycles. The maximum absolute atomic E-state index is 11.9. The summed E-state index contributed by atoms with van der Waals surface area (Å²) < 4.78 is 5.54. The van der Waals surface area contributed by atoms with Crippen molar-refractivity contribution in [2.75, 3.05) is 6.61 Å². The molecule has 1 fully saturated rings. The number of hydrogen-bond acceptors (Lipinski definition) is 3. The molecule has 1 aromatic rings. The van der Waals surface area contributed by atoms with Crippen LogP contribution in [-0.4, -0.2) is 29.6 Å². The minimum atomic E-state index is -0.730. The Bertz CT molecular complexity index is 541. The first-order valence-electron chi connectivity index (χ1n) is 7.95. The Morgan fingerprint density at radius 2 is 1.91 bits per heavy atom. The zero-order chi connectivity index (χ0) is 16.7. The Labute approximate surface area is 141 Å². The van der Waals surface area contributed by atoms with Gasteiger partial charge >= 0.3 is 5.97 Å². The molecule has 0 aliphatic heterocycles. The number of carbonyl (C=O) groups is 2. The summed E-state index contributed by atoms with van der Waals surface area (Å²) in [7, 11) is 0. The summed E-state index contributed by atoms with van der Waals surface area (Å²) in [5.41, 5.74) is 0. The molecule has 1 amide bonds. The number of para-hydroxylation sites is 1. The second kappa shape index (κ2) is 8.77. The van der Waals surface area contributed by atoms with Gasteiger partial charge < -0.3 is 15.2 Å². The van der Waals surface area contributed by atoms with Crippen LogP contribution < -0.4 is 10.1 Å². The molecule has 2 N–H and O–H groups in total. The lowest BCUT2D eigenvalue weighted by atomic mass is 9.86. The Balaban J connectivity index is 1.61. The average Bonchev–Trinajstić information content (AvgIpc) is 2.53. The van der Waals surface area contributed by atoms with Crippen molar-refractivity contribution < 1.29 is 19.4 Å². The van der Waals surface area contributed by atoms with Crippen LogP contribution in [0.1, 0.15) is 38.5 Å². The maximum atomic E-state index is 11.9. The molecule has 1 aliphatic carbocycles. The Kier molecular flexibility index (Phi) is 6.71. The lowest BCUT2D eigenvalue weighted by molar-refractivity contribution is -0.142. The second-order valence-corrected chi connectivity index (χ2v) is 6.24. The number of rotatable bonds is 7. The lowest BCUT2D eigenvalue weighted by Crippen LogP contribution is -2.38. The van der Waals surface area contributed by atoms with Gasteiger partial charge in [0.1, 0.15) is 5.75 Å². The number of carboxylic acid groups (broad SMARTS) is 1. The highest BCUT2D eigenvalue weighted by molar-refractivity contribution is 6.32. The van der Waals surface area contributed by atoms with Crippen LogP contribution in [0, 0.1) is 5.92 Å². The topological polar surface area (TPSA) is 75.6 Å². The van der Waals surface area contributed by atoms with E-state index in [0.717, 1.165) is 12.8 Å². The molecule has 1 aliphatic rings. The van der Waals surface area contributed by atoms with Crippen LogP contribution in [0.4, 0.5) is 0 Å². The number of aliphatic carboxylic acids is 1. The fraction of sp³-hybridized carbons (Fsp3) is 0.529. The van der Waals surface area contributed by atoms with Crippen LogP contribution in [0.5, 0.6) is 5.75 Å². The van der Waals surface area contributed by atoms with Crippen LogP contribution in [0.15, 0.2) is 24.3 Å². The summed E-state index contributed by atoms with van der Waals surface area (Å²) in [4.78, 5) is 22.8. The number of hydrogen-bond donors (Lipinski definition) is 2. The quantitative estimate of drug-likeness (QED) is 0.748. The summed E-state index contributed by atoms with van der Waals surface area (Å²) in [6, 6.07) is 7.34. The van der Waals surface area contributed by atoms with Crippen LogP contribution in [-0.2, 0) is 9.59 Å². The van der Waals surface area contributed by atoms with Crippen molar-refractivity contribution in [3.63, 3.8) is 0 Å². The molecular formula is C17H22ClNO4. The minimum absolute atomic E-state index is 0.00784. The van der Waals surface area contributed by atoms with Crippen molar-refractivity contribution >= 4 is 23.5 Å². The van der Waals surface area contributed by atoms with E-state index in [1.54, 1.807) is 12.1 Å². The number of nitrogens with one attached hydrogen (secondary N) is 1. The van der Waals surface area contributed by atoms with E-state index in [9.17, 15) is 9.59 Å². The fourth-order valence-corrected chi connectivity index (χ4v) is 2.95. The van der Waals surface area contributed by atoms with Gasteiger partial charge in [0, 0.05) is 12.5 Å².